The van der Waals surface area contributed by atoms with Gasteiger partial charge in [-0.3, -0.25) is 0 Å². The molecule has 3 aromatic rings. The number of halogens is 4. The van der Waals surface area contributed by atoms with Crippen LogP contribution in [-0.4, -0.2) is 33.3 Å². The van der Waals surface area contributed by atoms with Crippen LogP contribution in [0, 0.1) is 0 Å². The van der Waals surface area contributed by atoms with Gasteiger partial charge in [0.15, 0.2) is 5.69 Å². The third-order valence-electron chi connectivity index (χ3n) is 3.75. The van der Waals surface area contributed by atoms with Crippen molar-refractivity contribution in [3.8, 4) is 0 Å². The number of ether oxygens (including phenoxy) is 1. The lowest BCUT2D eigenvalue weighted by Gasteiger charge is -2.21. The van der Waals surface area contributed by atoms with Crippen molar-refractivity contribution < 1.29 is 17.9 Å². The molecule has 2 aromatic heterocycles. The quantitative estimate of drug-likeness (QED) is 0.695. The molecule has 138 valence electrons. The van der Waals surface area contributed by atoms with Gasteiger partial charge in [-0.1, -0.05) is 23.7 Å². The molecule has 0 aliphatic heterocycles. The second-order valence-corrected chi connectivity index (χ2v) is 5.96. The molecule has 1 aromatic carbocycles. The molecule has 3 rings (SSSR count). The van der Waals surface area contributed by atoms with Crippen LogP contribution in [0.15, 0.2) is 36.7 Å². The van der Waals surface area contributed by atoms with Crippen LogP contribution in [0.1, 0.15) is 23.7 Å². The van der Waals surface area contributed by atoms with Crippen LogP contribution >= 0.6 is 11.6 Å². The third-order valence-corrected chi connectivity index (χ3v) is 4.00. The zero-order chi connectivity index (χ0) is 18.7. The van der Waals surface area contributed by atoms with Crippen LogP contribution in [0.4, 0.5) is 19.0 Å². The summed E-state index contributed by atoms with van der Waals surface area (Å²) in [6, 6.07) is 7.65. The fraction of sp³-hybridized carbons (Fsp3) is 0.312. The first kappa shape index (κ1) is 18.4. The summed E-state index contributed by atoms with van der Waals surface area (Å²) in [5.41, 5.74) is -0.188. The van der Waals surface area contributed by atoms with E-state index in [-0.39, 0.29) is 17.6 Å². The lowest BCUT2D eigenvalue weighted by atomic mass is 10.0. The number of fused-ring (bicyclic) bond motifs is 1. The van der Waals surface area contributed by atoms with Crippen molar-refractivity contribution in [2.24, 2.45) is 0 Å². The number of rotatable bonds is 6. The van der Waals surface area contributed by atoms with Gasteiger partial charge >= 0.3 is 6.18 Å². The average molecular weight is 386 g/mol. The first-order valence-corrected chi connectivity index (χ1v) is 8.05. The SMILES string of the molecule is COCCC(Nc1cc(C(F)(F)F)nc2ncnn12)c1ccc(Cl)cc1. The van der Waals surface area contributed by atoms with Gasteiger partial charge in [0.1, 0.15) is 12.1 Å². The number of anilines is 1. The van der Waals surface area contributed by atoms with Gasteiger partial charge in [-0.25, -0.2) is 4.98 Å². The van der Waals surface area contributed by atoms with Crippen molar-refractivity contribution in [2.45, 2.75) is 18.6 Å². The number of hydrogen-bond acceptors (Lipinski definition) is 5. The normalized spacial score (nSPS) is 13.1. The molecule has 1 unspecified atom stereocenters. The summed E-state index contributed by atoms with van der Waals surface area (Å²) in [7, 11) is 1.56. The van der Waals surface area contributed by atoms with E-state index in [4.69, 9.17) is 16.3 Å². The van der Waals surface area contributed by atoms with E-state index in [9.17, 15) is 13.2 Å². The molecule has 0 radical (unpaired) electrons. The zero-order valence-corrected chi connectivity index (χ0v) is 14.4. The Morgan fingerprint density at radius 3 is 2.65 bits per heavy atom. The minimum atomic E-state index is -4.59. The number of alkyl halides is 3. The Labute approximate surface area is 152 Å². The van der Waals surface area contributed by atoms with E-state index in [1.807, 2.05) is 0 Å². The van der Waals surface area contributed by atoms with Gasteiger partial charge in [0.05, 0.1) is 6.04 Å². The Kier molecular flexibility index (Phi) is 5.28. The predicted octanol–water partition coefficient (Wildman–Crippen LogP) is 3.99. The van der Waals surface area contributed by atoms with Gasteiger partial charge in [-0.15, -0.1) is 0 Å². The highest BCUT2D eigenvalue weighted by atomic mass is 35.5. The Morgan fingerprint density at radius 2 is 2.00 bits per heavy atom. The van der Waals surface area contributed by atoms with Crippen LogP contribution in [0.5, 0.6) is 0 Å². The number of aromatic nitrogens is 4. The molecule has 10 heteroatoms. The summed E-state index contributed by atoms with van der Waals surface area (Å²) in [5, 5.41) is 7.60. The second-order valence-electron chi connectivity index (χ2n) is 5.53. The van der Waals surface area contributed by atoms with Crippen LogP contribution < -0.4 is 5.32 Å². The van der Waals surface area contributed by atoms with Gasteiger partial charge < -0.3 is 10.1 Å². The summed E-state index contributed by atoms with van der Waals surface area (Å²) in [6.07, 6.45) is -2.91. The molecule has 0 aliphatic carbocycles. The minimum Gasteiger partial charge on any atom is -0.385 e. The average Bonchev–Trinajstić information content (AvgIpc) is 3.07. The molecule has 0 saturated heterocycles. The number of nitrogens with one attached hydrogen (secondary N) is 1. The maximum absolute atomic E-state index is 13.1. The Balaban J connectivity index is 2.00. The van der Waals surface area contributed by atoms with Crippen LogP contribution in [0.25, 0.3) is 5.78 Å². The highest BCUT2D eigenvalue weighted by Gasteiger charge is 2.34. The van der Waals surface area contributed by atoms with Gasteiger partial charge in [-0.05, 0) is 24.1 Å². The van der Waals surface area contributed by atoms with Crippen molar-refractivity contribution in [3.63, 3.8) is 0 Å². The van der Waals surface area contributed by atoms with Gasteiger partial charge in [0.2, 0.25) is 0 Å². The lowest BCUT2D eigenvalue weighted by molar-refractivity contribution is -0.141. The summed E-state index contributed by atoms with van der Waals surface area (Å²) < 4.78 is 45.7. The largest absolute Gasteiger partial charge is 0.433 e. The van der Waals surface area contributed by atoms with E-state index >= 15 is 0 Å². The highest BCUT2D eigenvalue weighted by molar-refractivity contribution is 6.30. The van der Waals surface area contributed by atoms with E-state index in [1.165, 1.54) is 4.52 Å². The summed E-state index contributed by atoms with van der Waals surface area (Å²) >= 11 is 5.91. The van der Waals surface area contributed by atoms with Crippen LogP contribution in [-0.2, 0) is 10.9 Å². The Hall–Kier alpha value is -2.39. The minimum absolute atomic E-state index is 0.135. The molecule has 26 heavy (non-hydrogen) atoms. The van der Waals surface area contributed by atoms with Crippen LogP contribution in [0.2, 0.25) is 5.02 Å². The second kappa shape index (κ2) is 7.46. The van der Waals surface area contributed by atoms with E-state index in [0.717, 1.165) is 18.0 Å². The highest BCUT2D eigenvalue weighted by Crippen LogP contribution is 2.31. The molecular formula is C16H15ClF3N5O. The molecule has 1 N–H and O–H groups in total. The molecule has 0 saturated carbocycles. The lowest BCUT2D eigenvalue weighted by Crippen LogP contribution is -2.18. The fourth-order valence-electron chi connectivity index (χ4n) is 2.49. The van der Waals surface area contributed by atoms with Crippen molar-refractivity contribution in [3.05, 3.63) is 52.9 Å². The summed E-state index contributed by atoms with van der Waals surface area (Å²) in [4.78, 5) is 7.27. The van der Waals surface area contributed by atoms with E-state index in [2.05, 4.69) is 20.4 Å². The molecule has 0 bridgehead atoms. The van der Waals surface area contributed by atoms with E-state index < -0.39 is 11.9 Å². The Bertz CT molecular complexity index is 882. The molecule has 0 fully saturated rings. The number of benzene rings is 1. The molecule has 0 amide bonds. The summed E-state index contributed by atoms with van der Waals surface area (Å²) in [6.45, 7) is 0.415. The van der Waals surface area contributed by atoms with Crippen molar-refractivity contribution in [2.75, 3.05) is 19.0 Å². The number of hydrogen-bond donors (Lipinski definition) is 1. The van der Waals surface area contributed by atoms with Crippen molar-refractivity contribution >= 4 is 23.2 Å². The smallest absolute Gasteiger partial charge is 0.385 e. The number of nitrogens with zero attached hydrogens (tertiary/aromatic N) is 4. The molecule has 0 aliphatic rings. The van der Waals surface area contributed by atoms with E-state index in [1.54, 1.807) is 31.4 Å². The zero-order valence-electron chi connectivity index (χ0n) is 13.7. The third kappa shape index (κ3) is 4.05. The Morgan fingerprint density at radius 1 is 1.27 bits per heavy atom. The van der Waals surface area contributed by atoms with Gasteiger partial charge in [-0.2, -0.15) is 27.8 Å². The van der Waals surface area contributed by atoms with Crippen molar-refractivity contribution in [1.82, 2.24) is 19.6 Å². The topological polar surface area (TPSA) is 64.3 Å². The molecule has 2 heterocycles. The van der Waals surface area contributed by atoms with E-state index in [0.29, 0.717) is 18.1 Å². The maximum Gasteiger partial charge on any atom is 0.433 e. The van der Waals surface area contributed by atoms with Crippen molar-refractivity contribution in [1.29, 1.82) is 0 Å². The molecular weight excluding hydrogens is 371 g/mol. The number of methoxy groups -OCH3 is 1. The first-order valence-electron chi connectivity index (χ1n) is 7.67. The summed E-state index contributed by atoms with van der Waals surface area (Å²) in [5.74, 6) is -0.000185. The van der Waals surface area contributed by atoms with Crippen LogP contribution in [0.3, 0.4) is 0 Å². The first-order chi connectivity index (χ1) is 12.4. The molecule has 6 nitrogen and oxygen atoms in total. The standard InChI is InChI=1S/C16H15ClF3N5O/c1-26-7-6-12(10-2-4-11(17)5-3-10)23-14-8-13(16(18,19)20)24-15-21-9-22-25(14)15/h2-5,8-9,12,23H,6-7H2,1H3. The monoisotopic (exact) mass is 385 g/mol. The molecule has 0 spiro atoms. The fourth-order valence-corrected chi connectivity index (χ4v) is 2.62. The molecule has 1 atom stereocenters. The predicted molar refractivity (Wildman–Crippen MR) is 90.1 cm³/mol. The van der Waals surface area contributed by atoms with Gasteiger partial charge in [0, 0.05) is 24.8 Å². The maximum atomic E-state index is 13.1. The van der Waals surface area contributed by atoms with Gasteiger partial charge in [0.25, 0.3) is 5.78 Å².